The Hall–Kier alpha value is -2.38. The third-order valence-corrected chi connectivity index (χ3v) is 4.75. The second-order valence-corrected chi connectivity index (χ2v) is 7.07. The molecular formula is C16H19N3O3S. The molecule has 0 unspecified atom stereocenters. The van der Waals surface area contributed by atoms with Gasteiger partial charge in [0.1, 0.15) is 0 Å². The lowest BCUT2D eigenvalue weighted by Crippen LogP contribution is -2.30. The first-order valence-electron chi connectivity index (χ1n) is 7.07. The van der Waals surface area contributed by atoms with Crippen molar-refractivity contribution < 1.29 is 13.2 Å². The summed E-state index contributed by atoms with van der Waals surface area (Å²) in [5.74, 6) is 4.88. The lowest BCUT2D eigenvalue weighted by Gasteiger charge is -2.11. The number of carbonyl (C=O) groups excluding carboxylic acids is 1. The molecule has 0 heterocycles. The summed E-state index contributed by atoms with van der Waals surface area (Å²) in [6.45, 7) is 4.13. The van der Waals surface area contributed by atoms with Crippen molar-refractivity contribution >= 4 is 21.6 Å². The minimum atomic E-state index is -3.78. The summed E-state index contributed by atoms with van der Waals surface area (Å²) in [5, 5.41) is 0. The zero-order chi connectivity index (χ0) is 17.0. The number of hydrogen-bond acceptors (Lipinski definition) is 4. The first kappa shape index (κ1) is 17.0. The second-order valence-electron chi connectivity index (χ2n) is 5.38. The van der Waals surface area contributed by atoms with Crippen LogP contribution in [0.2, 0.25) is 0 Å². The Balaban J connectivity index is 2.26. The van der Waals surface area contributed by atoms with Crippen LogP contribution in [0.4, 0.5) is 5.69 Å². The minimum Gasteiger partial charge on any atom is -0.290 e. The van der Waals surface area contributed by atoms with Gasteiger partial charge in [-0.25, -0.2) is 14.3 Å². The van der Waals surface area contributed by atoms with E-state index < -0.39 is 15.9 Å². The molecule has 1 amide bonds. The molecule has 2 rings (SSSR count). The number of nitrogens with one attached hydrogen (secondary N) is 2. The van der Waals surface area contributed by atoms with Crippen molar-refractivity contribution in [2.45, 2.75) is 24.7 Å². The Morgan fingerprint density at radius 3 is 2.30 bits per heavy atom. The lowest BCUT2D eigenvalue weighted by molar-refractivity contribution is 0.0953. The number of amides is 1. The minimum absolute atomic E-state index is 0.00784. The number of hydrogen-bond donors (Lipinski definition) is 3. The molecule has 0 saturated carbocycles. The molecule has 2 aromatic carbocycles. The summed E-state index contributed by atoms with van der Waals surface area (Å²) in [6, 6.07) is 12.8. The average molecular weight is 333 g/mol. The van der Waals surface area contributed by atoms with Gasteiger partial charge in [-0.15, -0.1) is 0 Å². The van der Waals surface area contributed by atoms with E-state index in [1.165, 1.54) is 24.3 Å². The molecule has 6 nitrogen and oxygen atoms in total. The van der Waals surface area contributed by atoms with E-state index in [0.717, 1.165) is 5.56 Å². The molecule has 122 valence electrons. The maximum atomic E-state index is 12.4. The van der Waals surface area contributed by atoms with Gasteiger partial charge in [-0.2, -0.15) is 0 Å². The van der Waals surface area contributed by atoms with E-state index in [0.29, 0.717) is 11.6 Å². The van der Waals surface area contributed by atoms with Gasteiger partial charge in [0.05, 0.1) is 4.90 Å². The molecule has 0 fully saturated rings. The standard InChI is InChI=1S/C16H19N3O3S/c1-11(2)12-6-8-14(9-7-12)19-23(21,22)15-5-3-4-13(10-15)16(20)18-17/h3-11,19H,17H2,1-2H3,(H,18,20). The highest BCUT2D eigenvalue weighted by atomic mass is 32.2. The van der Waals surface area contributed by atoms with Gasteiger partial charge in [0.15, 0.2) is 0 Å². The Morgan fingerprint density at radius 1 is 1.09 bits per heavy atom. The fraction of sp³-hybridized carbons (Fsp3) is 0.188. The number of nitrogens with two attached hydrogens (primary N) is 1. The van der Waals surface area contributed by atoms with Crippen molar-refractivity contribution in [1.82, 2.24) is 5.43 Å². The van der Waals surface area contributed by atoms with Crippen molar-refractivity contribution in [1.29, 1.82) is 0 Å². The molecule has 7 heteroatoms. The molecule has 0 aliphatic heterocycles. The molecule has 4 N–H and O–H groups in total. The van der Waals surface area contributed by atoms with E-state index in [9.17, 15) is 13.2 Å². The van der Waals surface area contributed by atoms with E-state index in [2.05, 4.69) is 18.6 Å². The zero-order valence-corrected chi connectivity index (χ0v) is 13.7. The average Bonchev–Trinajstić information content (AvgIpc) is 2.54. The van der Waals surface area contributed by atoms with Crippen LogP contribution in [0, 0.1) is 0 Å². The van der Waals surface area contributed by atoms with Crippen molar-refractivity contribution in [2.24, 2.45) is 5.84 Å². The molecule has 0 bridgehead atoms. The highest BCUT2D eigenvalue weighted by molar-refractivity contribution is 7.92. The van der Waals surface area contributed by atoms with Gasteiger partial charge in [0.25, 0.3) is 15.9 Å². The number of carbonyl (C=O) groups is 1. The van der Waals surface area contributed by atoms with Crippen LogP contribution in [0.5, 0.6) is 0 Å². The van der Waals surface area contributed by atoms with E-state index in [4.69, 9.17) is 5.84 Å². The van der Waals surface area contributed by atoms with Crippen LogP contribution < -0.4 is 16.0 Å². The maximum absolute atomic E-state index is 12.4. The largest absolute Gasteiger partial charge is 0.290 e. The van der Waals surface area contributed by atoms with Crippen LogP contribution in [-0.2, 0) is 10.0 Å². The Morgan fingerprint density at radius 2 is 1.74 bits per heavy atom. The SMILES string of the molecule is CC(C)c1ccc(NS(=O)(=O)c2cccc(C(=O)NN)c2)cc1. The summed E-state index contributed by atoms with van der Waals surface area (Å²) < 4.78 is 27.3. The number of sulfonamides is 1. The third-order valence-electron chi connectivity index (χ3n) is 3.37. The van der Waals surface area contributed by atoms with Gasteiger partial charge >= 0.3 is 0 Å². The molecular weight excluding hydrogens is 314 g/mol. The monoisotopic (exact) mass is 333 g/mol. The Kier molecular flexibility index (Phi) is 5.02. The fourth-order valence-corrected chi connectivity index (χ4v) is 3.14. The molecule has 0 aliphatic rings. The molecule has 0 radical (unpaired) electrons. The fourth-order valence-electron chi connectivity index (χ4n) is 2.04. The molecule has 0 aromatic heterocycles. The quantitative estimate of drug-likeness (QED) is 0.443. The van der Waals surface area contributed by atoms with Gasteiger partial charge in [-0.1, -0.05) is 32.0 Å². The number of nitrogen functional groups attached to an aromatic ring is 1. The predicted molar refractivity (Wildman–Crippen MR) is 89.4 cm³/mol. The topological polar surface area (TPSA) is 101 Å². The highest BCUT2D eigenvalue weighted by Crippen LogP contribution is 2.20. The van der Waals surface area contributed by atoms with Gasteiger partial charge in [-0.05, 0) is 41.8 Å². The first-order chi connectivity index (χ1) is 10.8. The van der Waals surface area contributed by atoms with Crippen LogP contribution in [0.1, 0.15) is 35.7 Å². The molecule has 0 saturated heterocycles. The van der Waals surface area contributed by atoms with Crippen molar-refractivity contribution in [2.75, 3.05) is 4.72 Å². The zero-order valence-electron chi connectivity index (χ0n) is 12.9. The van der Waals surface area contributed by atoms with Gasteiger partial charge in [0.2, 0.25) is 0 Å². The summed E-state index contributed by atoms with van der Waals surface area (Å²) >= 11 is 0. The molecule has 0 atom stereocenters. The van der Waals surface area contributed by atoms with Crippen molar-refractivity contribution in [3.8, 4) is 0 Å². The van der Waals surface area contributed by atoms with Gasteiger partial charge in [-0.3, -0.25) is 14.9 Å². The lowest BCUT2D eigenvalue weighted by atomic mass is 10.0. The van der Waals surface area contributed by atoms with Gasteiger partial charge < -0.3 is 0 Å². The Labute approximate surface area is 135 Å². The molecule has 23 heavy (non-hydrogen) atoms. The summed E-state index contributed by atoms with van der Waals surface area (Å²) in [7, 11) is -3.78. The second kappa shape index (κ2) is 6.80. The van der Waals surface area contributed by atoms with E-state index in [-0.39, 0.29) is 10.5 Å². The predicted octanol–water partition coefficient (Wildman–Crippen LogP) is 2.21. The summed E-state index contributed by atoms with van der Waals surface area (Å²) in [6.07, 6.45) is 0. The van der Waals surface area contributed by atoms with Crippen molar-refractivity contribution in [3.05, 3.63) is 59.7 Å². The normalized spacial score (nSPS) is 11.3. The third kappa shape index (κ3) is 4.08. The van der Waals surface area contributed by atoms with Gasteiger partial charge in [0, 0.05) is 11.3 Å². The van der Waals surface area contributed by atoms with E-state index in [1.807, 2.05) is 17.6 Å². The molecule has 0 spiro atoms. The van der Waals surface area contributed by atoms with Crippen LogP contribution in [-0.4, -0.2) is 14.3 Å². The number of hydrazine groups is 1. The first-order valence-corrected chi connectivity index (χ1v) is 8.55. The summed E-state index contributed by atoms with van der Waals surface area (Å²) in [4.78, 5) is 11.5. The maximum Gasteiger partial charge on any atom is 0.265 e. The smallest absolute Gasteiger partial charge is 0.265 e. The highest BCUT2D eigenvalue weighted by Gasteiger charge is 2.16. The molecule has 0 aliphatic carbocycles. The van der Waals surface area contributed by atoms with E-state index in [1.54, 1.807) is 12.1 Å². The van der Waals surface area contributed by atoms with Crippen LogP contribution in [0.3, 0.4) is 0 Å². The van der Waals surface area contributed by atoms with Crippen LogP contribution in [0.25, 0.3) is 0 Å². The van der Waals surface area contributed by atoms with E-state index >= 15 is 0 Å². The number of anilines is 1. The Bertz CT molecular complexity index is 800. The molecule has 2 aromatic rings. The number of benzene rings is 2. The van der Waals surface area contributed by atoms with Crippen LogP contribution >= 0.6 is 0 Å². The van der Waals surface area contributed by atoms with Crippen LogP contribution in [0.15, 0.2) is 53.4 Å². The number of rotatable bonds is 5. The van der Waals surface area contributed by atoms with Crippen molar-refractivity contribution in [3.63, 3.8) is 0 Å². The summed E-state index contributed by atoms with van der Waals surface area (Å²) in [5.41, 5.74) is 3.73.